The van der Waals surface area contributed by atoms with Gasteiger partial charge in [0.25, 0.3) is 5.92 Å². The lowest BCUT2D eigenvalue weighted by atomic mass is 9.86. The molecule has 0 unspecified atom stereocenters. The standard InChI is InChI=1S/C42H48F2N4/c1-6-41(3,4)27-31-12-10-30(11-13-31)24-25-48(28-32-14-16-33(17-15-32)38-22-23-39(47-38)34-18-19-34)40(46-37-20-21-37)45-29(2)35-8-7-9-36(26-35)42(5,43)44/h6-17,22,26,34,37H,1,18-21,23-25,27-28H2,2-5H3/b45-29+,46-40?. The molecule has 1 aliphatic heterocycles. The van der Waals surface area contributed by atoms with Crippen LogP contribution >= 0.6 is 0 Å². The summed E-state index contributed by atoms with van der Waals surface area (Å²) in [5, 5.41) is 0. The molecule has 0 bridgehead atoms. The van der Waals surface area contributed by atoms with E-state index >= 15 is 0 Å². The second kappa shape index (κ2) is 14.1. The van der Waals surface area contributed by atoms with E-state index in [1.165, 1.54) is 35.7 Å². The van der Waals surface area contributed by atoms with E-state index < -0.39 is 5.92 Å². The van der Waals surface area contributed by atoms with E-state index in [4.69, 9.17) is 15.0 Å². The van der Waals surface area contributed by atoms with Crippen molar-refractivity contribution in [2.24, 2.45) is 26.3 Å². The van der Waals surface area contributed by atoms with E-state index in [1.807, 2.05) is 19.1 Å². The van der Waals surface area contributed by atoms with Crippen LogP contribution in [-0.2, 0) is 25.3 Å². The Morgan fingerprint density at radius 1 is 0.938 bits per heavy atom. The van der Waals surface area contributed by atoms with Crippen molar-refractivity contribution >= 4 is 23.1 Å². The largest absolute Gasteiger partial charge is 0.336 e. The maximum absolute atomic E-state index is 14.2. The molecule has 3 aromatic rings. The molecule has 3 aliphatic rings. The molecule has 0 saturated heterocycles. The van der Waals surface area contributed by atoms with Crippen LogP contribution in [0.1, 0.15) is 93.2 Å². The zero-order valence-corrected chi connectivity index (χ0v) is 28.9. The van der Waals surface area contributed by atoms with Gasteiger partial charge in [0.05, 0.1) is 11.7 Å². The molecule has 0 atom stereocenters. The first-order valence-electron chi connectivity index (χ1n) is 17.4. The van der Waals surface area contributed by atoms with E-state index in [1.54, 1.807) is 12.1 Å². The van der Waals surface area contributed by atoms with Gasteiger partial charge < -0.3 is 4.90 Å². The number of guanidine groups is 1. The molecule has 0 N–H and O–H groups in total. The Morgan fingerprint density at radius 3 is 2.27 bits per heavy atom. The SMILES string of the molecule is C=CC(C)(C)Cc1ccc(CCN(Cc2ccc(C3=CCC(C4CC4)=N3)cc2)C(=NC2CC2)/N=C(\C)c2cccc(C(C)(F)F)c2)cc1. The summed E-state index contributed by atoms with van der Waals surface area (Å²) in [7, 11) is 0. The first kappa shape index (κ1) is 33.7. The highest BCUT2D eigenvalue weighted by Crippen LogP contribution is 2.36. The van der Waals surface area contributed by atoms with Gasteiger partial charge in [-0.15, -0.1) is 6.58 Å². The van der Waals surface area contributed by atoms with Gasteiger partial charge in [-0.1, -0.05) is 92.7 Å². The van der Waals surface area contributed by atoms with E-state index in [2.05, 4.69) is 79.9 Å². The van der Waals surface area contributed by atoms with E-state index in [0.717, 1.165) is 62.4 Å². The van der Waals surface area contributed by atoms with Crippen molar-refractivity contribution in [2.75, 3.05) is 6.54 Å². The molecule has 2 aliphatic carbocycles. The molecule has 4 nitrogen and oxygen atoms in total. The maximum Gasteiger partial charge on any atom is 0.270 e. The number of halogens is 2. The minimum absolute atomic E-state index is 0.0157. The molecule has 1 heterocycles. The molecular weight excluding hydrogens is 598 g/mol. The lowest BCUT2D eigenvalue weighted by Crippen LogP contribution is -2.32. The number of aliphatic imine (C=N–C) groups is 3. The maximum atomic E-state index is 14.2. The van der Waals surface area contributed by atoms with Gasteiger partial charge in [-0.25, -0.2) is 18.8 Å². The van der Waals surface area contributed by atoms with Crippen molar-refractivity contribution in [2.45, 2.75) is 91.1 Å². The number of benzene rings is 3. The average molecular weight is 647 g/mol. The molecule has 48 heavy (non-hydrogen) atoms. The summed E-state index contributed by atoms with van der Waals surface area (Å²) in [6.07, 6.45) is 11.6. The summed E-state index contributed by atoms with van der Waals surface area (Å²) in [5.74, 6) is -1.57. The summed E-state index contributed by atoms with van der Waals surface area (Å²) in [4.78, 5) is 17.3. The Balaban J connectivity index is 1.25. The highest BCUT2D eigenvalue weighted by atomic mass is 19.3. The van der Waals surface area contributed by atoms with Crippen LogP contribution in [0.2, 0.25) is 0 Å². The predicted octanol–water partition coefficient (Wildman–Crippen LogP) is 10.2. The van der Waals surface area contributed by atoms with Crippen molar-refractivity contribution in [3.05, 3.63) is 125 Å². The van der Waals surface area contributed by atoms with Crippen molar-refractivity contribution in [1.29, 1.82) is 0 Å². The van der Waals surface area contributed by atoms with Crippen molar-refractivity contribution in [3.63, 3.8) is 0 Å². The fourth-order valence-electron chi connectivity index (χ4n) is 6.02. The molecule has 0 spiro atoms. The Morgan fingerprint density at radius 2 is 1.62 bits per heavy atom. The van der Waals surface area contributed by atoms with Crippen LogP contribution in [0.15, 0.2) is 107 Å². The zero-order valence-electron chi connectivity index (χ0n) is 28.9. The third-order valence-electron chi connectivity index (χ3n) is 9.53. The van der Waals surface area contributed by atoms with E-state index in [0.29, 0.717) is 29.7 Å². The van der Waals surface area contributed by atoms with Crippen LogP contribution in [0.3, 0.4) is 0 Å². The first-order chi connectivity index (χ1) is 23.0. The topological polar surface area (TPSA) is 40.3 Å². The molecule has 0 amide bonds. The predicted molar refractivity (Wildman–Crippen MR) is 196 cm³/mol. The Labute approximate surface area is 285 Å². The summed E-state index contributed by atoms with van der Waals surface area (Å²) in [6.45, 7) is 12.6. The van der Waals surface area contributed by atoms with Crippen LogP contribution < -0.4 is 0 Å². The van der Waals surface area contributed by atoms with Gasteiger partial charge in [-0.2, -0.15) is 0 Å². The molecule has 0 aromatic heterocycles. The van der Waals surface area contributed by atoms with Crippen LogP contribution in [0.5, 0.6) is 0 Å². The Kier molecular flexibility index (Phi) is 9.91. The van der Waals surface area contributed by atoms with Crippen LogP contribution in [-0.4, -0.2) is 34.9 Å². The lowest BCUT2D eigenvalue weighted by Gasteiger charge is -2.25. The molecule has 2 saturated carbocycles. The number of hydrogen-bond acceptors (Lipinski definition) is 2. The van der Waals surface area contributed by atoms with Crippen molar-refractivity contribution in [1.82, 2.24) is 4.90 Å². The minimum atomic E-state index is -2.92. The number of allylic oxidation sites excluding steroid dienone is 2. The summed E-state index contributed by atoms with van der Waals surface area (Å²) >= 11 is 0. The molecule has 6 rings (SSSR count). The molecule has 250 valence electrons. The number of rotatable bonds is 13. The van der Waals surface area contributed by atoms with Gasteiger partial charge in [0.1, 0.15) is 0 Å². The molecule has 6 heteroatoms. The van der Waals surface area contributed by atoms with Gasteiger partial charge >= 0.3 is 0 Å². The third-order valence-corrected chi connectivity index (χ3v) is 9.53. The first-order valence-corrected chi connectivity index (χ1v) is 17.4. The molecule has 0 radical (unpaired) electrons. The lowest BCUT2D eigenvalue weighted by molar-refractivity contribution is 0.0174. The van der Waals surface area contributed by atoms with Crippen LogP contribution in [0.4, 0.5) is 8.78 Å². The van der Waals surface area contributed by atoms with Crippen molar-refractivity contribution in [3.8, 4) is 0 Å². The quantitative estimate of drug-likeness (QED) is 0.104. The average Bonchev–Trinajstić information content (AvgIpc) is 4.02. The van der Waals surface area contributed by atoms with Crippen molar-refractivity contribution < 1.29 is 8.78 Å². The number of alkyl halides is 2. The number of hydrogen-bond donors (Lipinski definition) is 0. The fourth-order valence-corrected chi connectivity index (χ4v) is 6.02. The van der Waals surface area contributed by atoms with Gasteiger partial charge in [0.2, 0.25) is 5.96 Å². The highest BCUT2D eigenvalue weighted by molar-refractivity contribution is 6.06. The van der Waals surface area contributed by atoms with Crippen LogP contribution in [0, 0.1) is 11.3 Å². The second-order valence-electron chi connectivity index (χ2n) is 14.6. The van der Waals surface area contributed by atoms with Gasteiger partial charge in [-0.05, 0) is 90.7 Å². The minimum Gasteiger partial charge on any atom is -0.336 e. The molecular formula is C42H48F2N4. The van der Waals surface area contributed by atoms with E-state index in [9.17, 15) is 8.78 Å². The Hall–Kier alpha value is -4.19. The summed E-state index contributed by atoms with van der Waals surface area (Å²) < 4.78 is 28.4. The molecule has 3 aromatic carbocycles. The third kappa shape index (κ3) is 9.03. The van der Waals surface area contributed by atoms with E-state index in [-0.39, 0.29) is 17.0 Å². The number of nitrogens with zero attached hydrogens (tertiary/aromatic N) is 4. The zero-order chi connectivity index (χ0) is 33.9. The van der Waals surface area contributed by atoms with Gasteiger partial charge in [0, 0.05) is 43.4 Å². The monoisotopic (exact) mass is 646 g/mol. The normalized spacial score (nSPS) is 17.3. The smallest absolute Gasteiger partial charge is 0.270 e. The summed E-state index contributed by atoms with van der Waals surface area (Å²) in [6, 6.07) is 24.4. The summed E-state index contributed by atoms with van der Waals surface area (Å²) in [5.41, 5.74) is 8.64. The fraction of sp³-hybridized carbons (Fsp3) is 0.405. The Bertz CT molecular complexity index is 1730. The van der Waals surface area contributed by atoms with Crippen LogP contribution in [0.25, 0.3) is 5.70 Å². The highest BCUT2D eigenvalue weighted by Gasteiger charge is 2.29. The van der Waals surface area contributed by atoms with Gasteiger partial charge in [0.15, 0.2) is 0 Å². The second-order valence-corrected chi connectivity index (χ2v) is 14.6. The molecule has 2 fully saturated rings. The van der Waals surface area contributed by atoms with Gasteiger partial charge in [-0.3, -0.25) is 4.99 Å².